The van der Waals surface area contributed by atoms with Gasteiger partial charge in [-0.1, -0.05) is 15.9 Å². The van der Waals surface area contributed by atoms with E-state index in [0.717, 1.165) is 4.47 Å². The van der Waals surface area contributed by atoms with Gasteiger partial charge < -0.3 is 23.7 Å². The Balaban J connectivity index is 1.62. The third-order valence-electron chi connectivity index (χ3n) is 5.20. The molecular weight excluding hydrogens is 542 g/mol. The minimum Gasteiger partial charge on any atom is -0.497 e. The first-order valence-corrected chi connectivity index (χ1v) is 12.3. The van der Waals surface area contributed by atoms with Crippen molar-refractivity contribution in [2.24, 2.45) is 4.99 Å². The number of benzene rings is 3. The van der Waals surface area contributed by atoms with Crippen LogP contribution >= 0.6 is 15.9 Å². The number of ether oxygens (including phenoxy) is 5. The topological polar surface area (TPSA) is 92.7 Å². The zero-order valence-corrected chi connectivity index (χ0v) is 22.0. The second kappa shape index (κ2) is 11.7. The molecule has 9 heteroatoms. The van der Waals surface area contributed by atoms with Crippen LogP contribution in [0.15, 0.2) is 75.8 Å². The predicted molar refractivity (Wildman–Crippen MR) is 141 cm³/mol. The van der Waals surface area contributed by atoms with E-state index in [9.17, 15) is 9.59 Å². The standard InChI is InChI=1S/C28H24BrNO7/c1-4-34-24-12-8-18(16-25(24)35-5-2)26-30-22(28(32)37-26)15-19-14-20(29)9-13-23(19)36-27(31)17-6-10-21(33-3)11-7-17/h6-16H,4-5H2,1-3H3/b22-15-. The molecule has 8 nitrogen and oxygen atoms in total. The molecule has 1 aliphatic heterocycles. The number of hydrogen-bond acceptors (Lipinski definition) is 8. The highest BCUT2D eigenvalue weighted by Crippen LogP contribution is 2.32. The van der Waals surface area contributed by atoms with Gasteiger partial charge >= 0.3 is 11.9 Å². The van der Waals surface area contributed by atoms with E-state index >= 15 is 0 Å². The molecule has 0 saturated carbocycles. The number of carbonyl (C=O) groups is 2. The molecule has 0 spiro atoms. The molecule has 1 heterocycles. The van der Waals surface area contributed by atoms with Crippen molar-refractivity contribution in [3.63, 3.8) is 0 Å². The van der Waals surface area contributed by atoms with Gasteiger partial charge in [0.1, 0.15) is 11.5 Å². The molecule has 0 aliphatic carbocycles. The van der Waals surface area contributed by atoms with Crippen LogP contribution in [0.4, 0.5) is 0 Å². The molecule has 1 aliphatic rings. The number of cyclic esters (lactones) is 1. The summed E-state index contributed by atoms with van der Waals surface area (Å²) in [5.41, 5.74) is 1.43. The highest BCUT2D eigenvalue weighted by molar-refractivity contribution is 9.10. The van der Waals surface area contributed by atoms with Gasteiger partial charge in [-0.2, -0.15) is 0 Å². The lowest BCUT2D eigenvalue weighted by molar-refractivity contribution is -0.129. The number of methoxy groups -OCH3 is 1. The molecule has 4 rings (SSSR count). The largest absolute Gasteiger partial charge is 0.497 e. The molecule has 190 valence electrons. The average Bonchev–Trinajstić information content (AvgIpc) is 3.26. The van der Waals surface area contributed by atoms with Gasteiger partial charge in [-0.05, 0) is 80.6 Å². The second-order valence-corrected chi connectivity index (χ2v) is 8.58. The normalized spacial score (nSPS) is 13.7. The van der Waals surface area contributed by atoms with Crippen LogP contribution in [0.25, 0.3) is 6.08 Å². The number of hydrogen-bond donors (Lipinski definition) is 0. The van der Waals surface area contributed by atoms with Gasteiger partial charge in [-0.3, -0.25) is 0 Å². The number of carbonyl (C=O) groups excluding carboxylic acids is 2. The minimum absolute atomic E-state index is 0.0571. The van der Waals surface area contributed by atoms with Gasteiger partial charge in [0.2, 0.25) is 5.90 Å². The van der Waals surface area contributed by atoms with Crippen molar-refractivity contribution in [2.45, 2.75) is 13.8 Å². The highest BCUT2D eigenvalue weighted by Gasteiger charge is 2.26. The van der Waals surface area contributed by atoms with Crippen molar-refractivity contribution < 1.29 is 33.3 Å². The van der Waals surface area contributed by atoms with Crippen LogP contribution in [0.2, 0.25) is 0 Å². The molecule has 0 unspecified atom stereocenters. The Hall–Kier alpha value is -4.11. The Kier molecular flexibility index (Phi) is 8.25. The fourth-order valence-electron chi connectivity index (χ4n) is 3.48. The maximum atomic E-state index is 12.7. The third kappa shape index (κ3) is 6.18. The molecule has 3 aromatic carbocycles. The summed E-state index contributed by atoms with van der Waals surface area (Å²) in [5, 5.41) is 0. The zero-order valence-electron chi connectivity index (χ0n) is 20.4. The number of rotatable bonds is 9. The monoisotopic (exact) mass is 565 g/mol. The summed E-state index contributed by atoms with van der Waals surface area (Å²) < 4.78 is 28.1. The Labute approximate surface area is 222 Å². The Morgan fingerprint density at radius 1 is 0.946 bits per heavy atom. The van der Waals surface area contributed by atoms with Gasteiger partial charge in [-0.25, -0.2) is 14.6 Å². The first-order valence-electron chi connectivity index (χ1n) is 11.5. The summed E-state index contributed by atoms with van der Waals surface area (Å²) in [7, 11) is 1.55. The van der Waals surface area contributed by atoms with Gasteiger partial charge in [0.15, 0.2) is 17.2 Å². The molecule has 0 atom stereocenters. The quantitative estimate of drug-likeness (QED) is 0.183. The van der Waals surface area contributed by atoms with E-state index in [1.54, 1.807) is 67.8 Å². The van der Waals surface area contributed by atoms with E-state index in [2.05, 4.69) is 20.9 Å². The molecule has 0 radical (unpaired) electrons. The number of esters is 2. The van der Waals surface area contributed by atoms with E-state index in [4.69, 9.17) is 23.7 Å². The lowest BCUT2D eigenvalue weighted by Crippen LogP contribution is -2.09. The van der Waals surface area contributed by atoms with Crippen LogP contribution < -0.4 is 18.9 Å². The number of aliphatic imine (C=N–C) groups is 1. The van der Waals surface area contributed by atoms with Gasteiger partial charge in [-0.15, -0.1) is 0 Å². The number of halogens is 1. The van der Waals surface area contributed by atoms with Crippen LogP contribution in [0, 0.1) is 0 Å². The van der Waals surface area contributed by atoms with Crippen molar-refractivity contribution >= 4 is 39.8 Å². The van der Waals surface area contributed by atoms with Crippen LogP contribution in [-0.2, 0) is 9.53 Å². The molecule has 3 aromatic rings. The minimum atomic E-state index is -0.630. The first kappa shape index (κ1) is 26.0. The molecule has 0 aromatic heterocycles. The van der Waals surface area contributed by atoms with Crippen molar-refractivity contribution in [1.29, 1.82) is 0 Å². The van der Waals surface area contributed by atoms with Crippen LogP contribution in [0.1, 0.15) is 35.3 Å². The molecule has 0 N–H and O–H groups in total. The van der Waals surface area contributed by atoms with Crippen molar-refractivity contribution in [2.75, 3.05) is 20.3 Å². The fourth-order valence-corrected chi connectivity index (χ4v) is 3.85. The van der Waals surface area contributed by atoms with Crippen LogP contribution in [-0.4, -0.2) is 38.2 Å². The zero-order chi connectivity index (χ0) is 26.4. The SMILES string of the molecule is CCOc1ccc(C2=N/C(=C\c3cc(Br)ccc3OC(=O)c3ccc(OC)cc3)C(=O)O2)cc1OCC. The van der Waals surface area contributed by atoms with Crippen molar-refractivity contribution in [3.05, 3.63) is 87.5 Å². The van der Waals surface area contributed by atoms with Gasteiger partial charge in [0.05, 0.1) is 25.9 Å². The third-order valence-corrected chi connectivity index (χ3v) is 5.70. The van der Waals surface area contributed by atoms with E-state index in [1.165, 1.54) is 6.08 Å². The van der Waals surface area contributed by atoms with Crippen molar-refractivity contribution in [3.8, 4) is 23.0 Å². The fraction of sp³-hybridized carbons (Fsp3) is 0.179. The summed E-state index contributed by atoms with van der Waals surface area (Å²) in [6.45, 7) is 4.68. The molecule has 0 amide bonds. The van der Waals surface area contributed by atoms with Crippen LogP contribution in [0.3, 0.4) is 0 Å². The average molecular weight is 566 g/mol. The lowest BCUT2D eigenvalue weighted by Gasteiger charge is -2.11. The van der Waals surface area contributed by atoms with E-state index < -0.39 is 11.9 Å². The van der Waals surface area contributed by atoms with Gasteiger partial charge in [0.25, 0.3) is 0 Å². The summed E-state index contributed by atoms with van der Waals surface area (Å²) in [6.07, 6.45) is 1.51. The van der Waals surface area contributed by atoms with E-state index in [-0.39, 0.29) is 17.3 Å². The number of nitrogens with zero attached hydrogens (tertiary/aromatic N) is 1. The Bertz CT molecular complexity index is 1380. The Morgan fingerprint density at radius 2 is 1.65 bits per heavy atom. The summed E-state index contributed by atoms with van der Waals surface area (Å²) in [6, 6.07) is 16.8. The first-order chi connectivity index (χ1) is 17.9. The smallest absolute Gasteiger partial charge is 0.363 e. The van der Waals surface area contributed by atoms with Gasteiger partial charge in [0, 0.05) is 15.6 Å². The highest BCUT2D eigenvalue weighted by atomic mass is 79.9. The summed E-state index contributed by atoms with van der Waals surface area (Å²) in [5.74, 6) is 0.943. The Morgan fingerprint density at radius 3 is 2.35 bits per heavy atom. The predicted octanol–water partition coefficient (Wildman–Crippen LogP) is 5.82. The molecule has 0 saturated heterocycles. The molecule has 0 bridgehead atoms. The second-order valence-electron chi connectivity index (χ2n) is 7.66. The molecular formula is C28H24BrNO7. The van der Waals surface area contributed by atoms with Crippen LogP contribution in [0.5, 0.6) is 23.0 Å². The summed E-state index contributed by atoms with van der Waals surface area (Å²) >= 11 is 3.42. The molecule has 0 fully saturated rings. The maximum absolute atomic E-state index is 12.7. The van der Waals surface area contributed by atoms with E-state index in [0.29, 0.717) is 47.2 Å². The molecule has 37 heavy (non-hydrogen) atoms. The van der Waals surface area contributed by atoms with Crippen molar-refractivity contribution in [1.82, 2.24) is 0 Å². The lowest BCUT2D eigenvalue weighted by atomic mass is 10.1. The maximum Gasteiger partial charge on any atom is 0.363 e. The van der Waals surface area contributed by atoms with E-state index in [1.807, 2.05) is 13.8 Å². The summed E-state index contributed by atoms with van der Waals surface area (Å²) in [4.78, 5) is 29.7.